The Labute approximate surface area is 198 Å². The molecule has 5 rings (SSSR count). The Balaban J connectivity index is 1.45. The molecule has 34 heavy (non-hydrogen) atoms. The molecule has 172 valence electrons. The third-order valence-corrected chi connectivity index (χ3v) is 7.63. The number of anilines is 1. The van der Waals surface area contributed by atoms with Crippen LogP contribution in [-0.4, -0.2) is 30.8 Å². The Bertz CT molecular complexity index is 1400. The molecule has 8 heteroatoms. The Morgan fingerprint density at radius 3 is 2.68 bits per heavy atom. The summed E-state index contributed by atoms with van der Waals surface area (Å²) < 4.78 is 33.8. The topological polar surface area (TPSA) is 83.7 Å². The van der Waals surface area contributed by atoms with Gasteiger partial charge in [-0.05, 0) is 60.0 Å². The number of hydrogen-bond donors (Lipinski definition) is 0. The average Bonchev–Trinajstić information content (AvgIpc) is 3.54. The molecule has 0 saturated heterocycles. The van der Waals surface area contributed by atoms with Gasteiger partial charge < -0.3 is 9.32 Å². The summed E-state index contributed by atoms with van der Waals surface area (Å²) in [6.45, 7) is 0.937. The summed E-state index contributed by atoms with van der Waals surface area (Å²) in [5.41, 5.74) is 2.85. The van der Waals surface area contributed by atoms with E-state index in [2.05, 4.69) is 4.98 Å². The van der Waals surface area contributed by atoms with Crippen molar-refractivity contribution in [2.75, 3.05) is 10.8 Å². The Morgan fingerprint density at radius 1 is 1.00 bits per heavy atom. The van der Waals surface area contributed by atoms with Gasteiger partial charge in [0.2, 0.25) is 0 Å². The summed E-state index contributed by atoms with van der Waals surface area (Å²) in [7, 11) is -3.81. The number of carbonyl (C=O) groups excluding carboxylic acids is 1. The molecular weight excluding hydrogens is 450 g/mol. The van der Waals surface area contributed by atoms with Gasteiger partial charge in [0, 0.05) is 31.0 Å². The summed E-state index contributed by atoms with van der Waals surface area (Å²) in [6.07, 6.45) is 5.60. The van der Waals surface area contributed by atoms with Crippen molar-refractivity contribution in [1.29, 1.82) is 0 Å². The molecule has 1 aliphatic rings. The fourth-order valence-electron chi connectivity index (χ4n) is 4.16. The van der Waals surface area contributed by atoms with Crippen molar-refractivity contribution in [3.8, 4) is 0 Å². The van der Waals surface area contributed by atoms with Crippen molar-refractivity contribution < 1.29 is 17.6 Å². The van der Waals surface area contributed by atoms with E-state index in [0.717, 1.165) is 11.1 Å². The van der Waals surface area contributed by atoms with Crippen LogP contribution in [-0.2, 0) is 29.5 Å². The number of hydrogen-bond acceptors (Lipinski definition) is 5. The molecule has 0 bridgehead atoms. The van der Waals surface area contributed by atoms with Gasteiger partial charge in [0.1, 0.15) is 5.76 Å². The van der Waals surface area contributed by atoms with E-state index in [4.69, 9.17) is 4.42 Å². The Kier molecular flexibility index (Phi) is 5.90. The van der Waals surface area contributed by atoms with Crippen molar-refractivity contribution in [1.82, 2.24) is 9.88 Å². The molecule has 3 heterocycles. The maximum absolute atomic E-state index is 13.5. The first-order chi connectivity index (χ1) is 16.5. The van der Waals surface area contributed by atoms with Gasteiger partial charge in [0.25, 0.3) is 15.9 Å². The molecule has 0 fully saturated rings. The first-order valence-corrected chi connectivity index (χ1v) is 12.4. The highest BCUT2D eigenvalue weighted by molar-refractivity contribution is 7.92. The predicted molar refractivity (Wildman–Crippen MR) is 128 cm³/mol. The molecule has 0 saturated carbocycles. The number of rotatable bonds is 7. The zero-order chi connectivity index (χ0) is 23.5. The zero-order valence-corrected chi connectivity index (χ0v) is 19.2. The molecule has 0 N–H and O–H groups in total. The number of aromatic nitrogens is 1. The number of amides is 1. The smallest absolute Gasteiger partial charge is 0.264 e. The van der Waals surface area contributed by atoms with Gasteiger partial charge in [-0.3, -0.25) is 14.1 Å². The molecule has 4 aromatic rings. The standard InChI is InChI=1S/C26H23N3O4S/c30-26(28(19-23-9-5-15-33-23)18-20-6-4-13-27-17-20)22-8-3-10-24(16-22)34(31,32)29-14-12-21-7-1-2-11-25(21)29/h1-11,13,15-17H,12,14,18-19H2. The molecule has 0 radical (unpaired) electrons. The van der Waals surface area contributed by atoms with E-state index in [1.807, 2.05) is 36.4 Å². The molecule has 2 aromatic carbocycles. The van der Waals surface area contributed by atoms with E-state index in [-0.39, 0.29) is 17.3 Å². The second-order valence-electron chi connectivity index (χ2n) is 8.09. The van der Waals surface area contributed by atoms with Gasteiger partial charge in [-0.15, -0.1) is 0 Å². The van der Waals surface area contributed by atoms with E-state index in [0.29, 0.717) is 36.5 Å². The van der Waals surface area contributed by atoms with Crippen LogP contribution in [0.2, 0.25) is 0 Å². The lowest BCUT2D eigenvalue weighted by molar-refractivity contribution is 0.0717. The minimum Gasteiger partial charge on any atom is -0.467 e. The number of carbonyl (C=O) groups is 1. The maximum atomic E-state index is 13.5. The monoisotopic (exact) mass is 473 g/mol. The van der Waals surface area contributed by atoms with Crippen molar-refractivity contribution in [3.05, 3.63) is 114 Å². The quantitative estimate of drug-likeness (QED) is 0.400. The molecule has 0 aliphatic carbocycles. The zero-order valence-electron chi connectivity index (χ0n) is 18.4. The minimum absolute atomic E-state index is 0.0920. The molecule has 1 aliphatic heterocycles. The van der Waals surface area contributed by atoms with Crippen LogP contribution in [0.15, 0.2) is 101 Å². The van der Waals surface area contributed by atoms with Gasteiger partial charge in [-0.1, -0.05) is 30.3 Å². The number of furan rings is 1. The van der Waals surface area contributed by atoms with E-state index in [1.54, 1.807) is 47.8 Å². The number of sulfonamides is 1. The van der Waals surface area contributed by atoms with E-state index in [1.165, 1.54) is 16.4 Å². The fraction of sp³-hybridized carbons (Fsp3) is 0.154. The number of pyridine rings is 1. The van der Waals surface area contributed by atoms with Crippen molar-refractivity contribution >= 4 is 21.6 Å². The molecule has 0 unspecified atom stereocenters. The molecular formula is C26H23N3O4S. The lowest BCUT2D eigenvalue weighted by Crippen LogP contribution is -2.31. The van der Waals surface area contributed by atoms with Gasteiger partial charge in [-0.25, -0.2) is 8.42 Å². The van der Waals surface area contributed by atoms with Crippen molar-refractivity contribution in [2.24, 2.45) is 0 Å². The van der Waals surface area contributed by atoms with Gasteiger partial charge in [0.05, 0.1) is 23.4 Å². The third-order valence-electron chi connectivity index (χ3n) is 5.82. The molecule has 0 spiro atoms. The first kappa shape index (κ1) is 21.9. The lowest BCUT2D eigenvalue weighted by Gasteiger charge is -2.23. The molecule has 1 amide bonds. The van der Waals surface area contributed by atoms with Crippen LogP contribution in [0.4, 0.5) is 5.69 Å². The van der Waals surface area contributed by atoms with E-state index >= 15 is 0 Å². The lowest BCUT2D eigenvalue weighted by atomic mass is 10.1. The van der Waals surface area contributed by atoms with Crippen LogP contribution in [0.3, 0.4) is 0 Å². The minimum atomic E-state index is -3.81. The van der Waals surface area contributed by atoms with Gasteiger partial charge in [0.15, 0.2) is 0 Å². The van der Waals surface area contributed by atoms with Gasteiger partial charge in [-0.2, -0.15) is 0 Å². The molecule has 0 atom stereocenters. The molecule has 7 nitrogen and oxygen atoms in total. The van der Waals surface area contributed by atoms with Crippen LogP contribution >= 0.6 is 0 Å². The van der Waals surface area contributed by atoms with Crippen LogP contribution in [0, 0.1) is 0 Å². The van der Waals surface area contributed by atoms with Crippen LogP contribution in [0.5, 0.6) is 0 Å². The maximum Gasteiger partial charge on any atom is 0.264 e. The molecule has 2 aromatic heterocycles. The fourth-order valence-corrected chi connectivity index (χ4v) is 5.71. The Morgan fingerprint density at radius 2 is 1.88 bits per heavy atom. The van der Waals surface area contributed by atoms with Crippen LogP contribution < -0.4 is 4.31 Å². The SMILES string of the molecule is O=C(c1cccc(S(=O)(=O)N2CCc3ccccc32)c1)N(Cc1cccnc1)Cc1ccco1. The largest absolute Gasteiger partial charge is 0.467 e. The highest BCUT2D eigenvalue weighted by Gasteiger charge is 2.31. The second kappa shape index (κ2) is 9.15. The predicted octanol–water partition coefficient (Wildman–Crippen LogP) is 4.27. The second-order valence-corrected chi connectivity index (χ2v) is 9.95. The highest BCUT2D eigenvalue weighted by Crippen LogP contribution is 2.33. The number of nitrogens with zero attached hydrogens (tertiary/aromatic N) is 3. The average molecular weight is 474 g/mol. The first-order valence-electron chi connectivity index (χ1n) is 10.9. The van der Waals surface area contributed by atoms with Crippen LogP contribution in [0.25, 0.3) is 0 Å². The summed E-state index contributed by atoms with van der Waals surface area (Å²) in [4.78, 5) is 19.4. The normalized spacial score (nSPS) is 13.0. The Hall–Kier alpha value is -3.91. The highest BCUT2D eigenvalue weighted by atomic mass is 32.2. The summed E-state index contributed by atoms with van der Waals surface area (Å²) >= 11 is 0. The third kappa shape index (κ3) is 4.32. The van der Waals surface area contributed by atoms with E-state index in [9.17, 15) is 13.2 Å². The number of para-hydroxylation sites is 1. The van der Waals surface area contributed by atoms with Gasteiger partial charge >= 0.3 is 0 Å². The van der Waals surface area contributed by atoms with Crippen molar-refractivity contribution in [3.63, 3.8) is 0 Å². The van der Waals surface area contributed by atoms with E-state index < -0.39 is 10.0 Å². The summed E-state index contributed by atoms with van der Waals surface area (Å²) in [5, 5.41) is 0. The summed E-state index contributed by atoms with van der Waals surface area (Å²) in [5.74, 6) is 0.341. The number of fused-ring (bicyclic) bond motifs is 1. The van der Waals surface area contributed by atoms with Crippen LogP contribution in [0.1, 0.15) is 27.2 Å². The number of benzene rings is 2. The summed E-state index contributed by atoms with van der Waals surface area (Å²) in [6, 6.07) is 21.0. The van der Waals surface area contributed by atoms with Crippen molar-refractivity contribution in [2.45, 2.75) is 24.4 Å².